The molecule has 6 heteroatoms. The van der Waals surface area contributed by atoms with Gasteiger partial charge >= 0.3 is 0 Å². The van der Waals surface area contributed by atoms with Crippen LogP contribution in [0.15, 0.2) is 54.7 Å². The van der Waals surface area contributed by atoms with Gasteiger partial charge in [0.05, 0.1) is 16.6 Å². The van der Waals surface area contributed by atoms with Gasteiger partial charge in [-0.25, -0.2) is 4.52 Å². The minimum atomic E-state index is -0.777. The van der Waals surface area contributed by atoms with Gasteiger partial charge in [0.2, 0.25) is 0 Å². The lowest BCUT2D eigenvalue weighted by atomic mass is 10.1. The molecule has 2 N–H and O–H groups in total. The van der Waals surface area contributed by atoms with E-state index in [9.17, 15) is 9.90 Å². The van der Waals surface area contributed by atoms with Crippen LogP contribution in [0.1, 0.15) is 22.2 Å². The number of rotatable bonds is 4. The van der Waals surface area contributed by atoms with Gasteiger partial charge in [0.25, 0.3) is 5.91 Å². The van der Waals surface area contributed by atoms with Crippen molar-refractivity contribution in [3.8, 4) is 0 Å². The lowest BCUT2D eigenvalue weighted by Gasteiger charge is -2.11. The van der Waals surface area contributed by atoms with Crippen LogP contribution in [0.5, 0.6) is 0 Å². The number of amides is 1. The maximum Gasteiger partial charge on any atom is 0.273 e. The number of carbonyl (C=O) groups excluding carboxylic acids is 1. The molecular weight excluding hydrogens is 302 g/mol. The van der Waals surface area contributed by atoms with Crippen LogP contribution in [0, 0.1) is 0 Å². The third-order valence-corrected chi connectivity index (χ3v) is 3.71. The van der Waals surface area contributed by atoms with Crippen molar-refractivity contribution in [1.82, 2.24) is 14.9 Å². The van der Waals surface area contributed by atoms with Crippen LogP contribution in [0.25, 0.3) is 5.52 Å². The van der Waals surface area contributed by atoms with Gasteiger partial charge in [-0.1, -0.05) is 48.0 Å². The van der Waals surface area contributed by atoms with Gasteiger partial charge in [-0.2, -0.15) is 5.10 Å². The van der Waals surface area contributed by atoms with Crippen LogP contribution in [0.4, 0.5) is 0 Å². The Morgan fingerprint density at radius 3 is 2.68 bits per heavy atom. The number of hydrogen-bond acceptors (Lipinski definition) is 3. The molecule has 0 radical (unpaired) electrons. The SMILES string of the molecule is O=C(NCC(O)c1ccccc1)c1nn2ccccc2c1Cl. The van der Waals surface area contributed by atoms with Crippen LogP contribution < -0.4 is 5.32 Å². The van der Waals surface area contributed by atoms with E-state index in [4.69, 9.17) is 11.6 Å². The average Bonchev–Trinajstić information content (AvgIpc) is 2.90. The first-order valence-electron chi connectivity index (χ1n) is 6.81. The molecule has 112 valence electrons. The molecule has 0 fully saturated rings. The number of benzene rings is 1. The Morgan fingerprint density at radius 2 is 1.95 bits per heavy atom. The molecule has 0 saturated heterocycles. The van der Waals surface area contributed by atoms with E-state index in [0.29, 0.717) is 10.5 Å². The van der Waals surface area contributed by atoms with E-state index in [2.05, 4.69) is 10.4 Å². The summed E-state index contributed by atoms with van der Waals surface area (Å²) in [5, 5.41) is 17.2. The van der Waals surface area contributed by atoms with Gasteiger partial charge in [-0.3, -0.25) is 4.79 Å². The monoisotopic (exact) mass is 315 g/mol. The Labute approximate surface area is 132 Å². The van der Waals surface area contributed by atoms with E-state index < -0.39 is 12.0 Å². The number of fused-ring (bicyclic) bond motifs is 1. The summed E-state index contributed by atoms with van der Waals surface area (Å²) in [6, 6.07) is 14.5. The molecular formula is C16H14ClN3O2. The Balaban J connectivity index is 1.72. The summed E-state index contributed by atoms with van der Waals surface area (Å²) in [4.78, 5) is 12.2. The van der Waals surface area contributed by atoms with Gasteiger partial charge in [0.1, 0.15) is 0 Å². The normalized spacial score (nSPS) is 12.3. The van der Waals surface area contributed by atoms with Crippen molar-refractivity contribution >= 4 is 23.0 Å². The first kappa shape index (κ1) is 14.6. The van der Waals surface area contributed by atoms with Crippen LogP contribution in [-0.4, -0.2) is 27.2 Å². The Morgan fingerprint density at radius 1 is 1.23 bits per heavy atom. The molecule has 1 aromatic carbocycles. The lowest BCUT2D eigenvalue weighted by molar-refractivity contribution is 0.0911. The summed E-state index contributed by atoms with van der Waals surface area (Å²) in [6.45, 7) is 0.0903. The van der Waals surface area contributed by atoms with Crippen LogP contribution in [0.3, 0.4) is 0 Å². The summed E-state index contributed by atoms with van der Waals surface area (Å²) in [5.41, 5.74) is 1.55. The molecule has 0 aliphatic carbocycles. The molecule has 0 spiro atoms. The van der Waals surface area contributed by atoms with Crippen LogP contribution in [0.2, 0.25) is 5.02 Å². The highest BCUT2D eigenvalue weighted by atomic mass is 35.5. The first-order chi connectivity index (χ1) is 10.7. The molecule has 1 atom stereocenters. The molecule has 0 saturated carbocycles. The molecule has 3 aromatic rings. The third-order valence-electron chi connectivity index (χ3n) is 3.34. The second kappa shape index (κ2) is 6.17. The average molecular weight is 316 g/mol. The van der Waals surface area contributed by atoms with Crippen molar-refractivity contribution in [1.29, 1.82) is 0 Å². The third kappa shape index (κ3) is 2.81. The summed E-state index contributed by atoms with van der Waals surface area (Å²) >= 11 is 6.18. The fourth-order valence-corrected chi connectivity index (χ4v) is 2.45. The van der Waals surface area contributed by atoms with Crippen LogP contribution in [-0.2, 0) is 0 Å². The topological polar surface area (TPSA) is 66.6 Å². The molecule has 0 aliphatic heterocycles. The smallest absolute Gasteiger partial charge is 0.273 e. The van der Waals surface area contributed by atoms with E-state index >= 15 is 0 Å². The Bertz CT molecular complexity index is 802. The summed E-state index contributed by atoms with van der Waals surface area (Å²) in [6.07, 6.45) is 0.942. The van der Waals surface area contributed by atoms with Crippen molar-refractivity contribution in [3.05, 3.63) is 71.0 Å². The van der Waals surface area contributed by atoms with Crippen LogP contribution >= 0.6 is 11.6 Å². The number of aliphatic hydroxyl groups is 1. The van der Waals surface area contributed by atoms with Gasteiger partial charge in [0.15, 0.2) is 5.69 Å². The molecule has 2 heterocycles. The Kier molecular flexibility index (Phi) is 4.09. The highest BCUT2D eigenvalue weighted by molar-refractivity contribution is 6.36. The van der Waals surface area contributed by atoms with Crippen molar-refractivity contribution < 1.29 is 9.90 Å². The van der Waals surface area contributed by atoms with E-state index in [1.54, 1.807) is 35.0 Å². The van der Waals surface area contributed by atoms with E-state index in [1.165, 1.54) is 0 Å². The molecule has 3 rings (SSSR count). The minimum Gasteiger partial charge on any atom is -0.387 e. The fraction of sp³-hybridized carbons (Fsp3) is 0.125. The second-order valence-corrected chi connectivity index (χ2v) is 5.21. The minimum absolute atomic E-state index is 0.0903. The van der Waals surface area contributed by atoms with E-state index in [-0.39, 0.29) is 12.2 Å². The second-order valence-electron chi connectivity index (χ2n) is 4.83. The first-order valence-corrected chi connectivity index (χ1v) is 7.18. The number of carbonyl (C=O) groups is 1. The maximum atomic E-state index is 12.2. The number of halogens is 1. The summed E-state index contributed by atoms with van der Waals surface area (Å²) < 4.78 is 1.55. The quantitative estimate of drug-likeness (QED) is 0.777. The zero-order chi connectivity index (χ0) is 15.5. The number of nitrogens with zero attached hydrogens (tertiary/aromatic N) is 2. The van der Waals surface area contributed by atoms with Crippen molar-refractivity contribution in [2.75, 3.05) is 6.54 Å². The zero-order valence-electron chi connectivity index (χ0n) is 11.6. The fourth-order valence-electron chi connectivity index (χ4n) is 2.18. The molecule has 22 heavy (non-hydrogen) atoms. The van der Waals surface area contributed by atoms with Gasteiger partial charge in [-0.15, -0.1) is 0 Å². The summed E-state index contributed by atoms with van der Waals surface area (Å²) in [7, 11) is 0. The van der Waals surface area contributed by atoms with Gasteiger partial charge in [0, 0.05) is 12.7 Å². The highest BCUT2D eigenvalue weighted by Crippen LogP contribution is 2.21. The standard InChI is InChI=1S/C16H14ClN3O2/c17-14-12-8-4-5-9-20(12)19-15(14)16(22)18-10-13(21)11-6-2-1-3-7-11/h1-9,13,21H,10H2,(H,18,22). The number of hydrogen-bond donors (Lipinski definition) is 2. The molecule has 0 bridgehead atoms. The number of pyridine rings is 1. The molecule has 0 aliphatic rings. The zero-order valence-corrected chi connectivity index (χ0v) is 12.4. The summed E-state index contributed by atoms with van der Waals surface area (Å²) in [5.74, 6) is -0.413. The van der Waals surface area contributed by atoms with Crippen molar-refractivity contribution in [2.24, 2.45) is 0 Å². The number of aliphatic hydroxyl groups excluding tert-OH is 1. The maximum absolute atomic E-state index is 12.2. The van der Waals surface area contributed by atoms with Crippen molar-refractivity contribution in [2.45, 2.75) is 6.10 Å². The number of aromatic nitrogens is 2. The van der Waals surface area contributed by atoms with E-state index in [0.717, 1.165) is 5.56 Å². The van der Waals surface area contributed by atoms with Gasteiger partial charge < -0.3 is 10.4 Å². The predicted molar refractivity (Wildman–Crippen MR) is 83.9 cm³/mol. The Hall–Kier alpha value is -2.37. The number of nitrogens with one attached hydrogen (secondary N) is 1. The van der Waals surface area contributed by atoms with E-state index in [1.807, 2.05) is 24.3 Å². The molecule has 2 aromatic heterocycles. The lowest BCUT2D eigenvalue weighted by Crippen LogP contribution is -2.28. The largest absolute Gasteiger partial charge is 0.387 e. The molecule has 1 unspecified atom stereocenters. The predicted octanol–water partition coefficient (Wildman–Crippen LogP) is 2.45. The highest BCUT2D eigenvalue weighted by Gasteiger charge is 2.18. The van der Waals surface area contributed by atoms with Crippen molar-refractivity contribution in [3.63, 3.8) is 0 Å². The molecule has 5 nitrogen and oxygen atoms in total. The van der Waals surface area contributed by atoms with Gasteiger partial charge in [-0.05, 0) is 17.7 Å². The molecule has 1 amide bonds.